The first kappa shape index (κ1) is 28.4. The number of guanidine groups is 1. The van der Waals surface area contributed by atoms with Gasteiger partial charge in [-0.1, -0.05) is 31.9 Å². The van der Waals surface area contributed by atoms with E-state index < -0.39 is 48.5 Å². The molecule has 0 saturated heterocycles. The SMILES string of the molecule is O=C(O)CC(NC(=O)CNC(=O)c1cc(NC2=NCCCN2)cc(C(F)(F)F)c1)c1cc(Br)cc(Br)c1. The van der Waals surface area contributed by atoms with Crippen molar-refractivity contribution in [2.45, 2.75) is 25.1 Å². The van der Waals surface area contributed by atoms with Gasteiger partial charge in [-0.05, 0) is 48.4 Å². The van der Waals surface area contributed by atoms with Gasteiger partial charge in [-0.2, -0.15) is 13.2 Å². The summed E-state index contributed by atoms with van der Waals surface area (Å²) >= 11 is 6.60. The molecule has 5 N–H and O–H groups in total. The molecule has 198 valence electrons. The molecule has 14 heteroatoms. The molecule has 1 unspecified atom stereocenters. The summed E-state index contributed by atoms with van der Waals surface area (Å²) in [6.07, 6.45) is -4.35. The summed E-state index contributed by atoms with van der Waals surface area (Å²) in [6.45, 7) is 0.529. The number of halogens is 5. The van der Waals surface area contributed by atoms with E-state index in [0.717, 1.165) is 12.5 Å². The van der Waals surface area contributed by atoms with Crippen molar-refractivity contribution in [1.29, 1.82) is 0 Å². The molecule has 0 saturated carbocycles. The maximum absolute atomic E-state index is 13.4. The molecule has 0 bridgehead atoms. The molecule has 0 fully saturated rings. The van der Waals surface area contributed by atoms with Crippen LogP contribution in [-0.4, -0.2) is 48.5 Å². The number of alkyl halides is 3. The Labute approximate surface area is 226 Å². The van der Waals surface area contributed by atoms with Crippen LogP contribution in [0.15, 0.2) is 50.3 Å². The van der Waals surface area contributed by atoms with E-state index in [1.807, 2.05) is 0 Å². The zero-order chi connectivity index (χ0) is 27.2. The van der Waals surface area contributed by atoms with Crippen LogP contribution in [0.3, 0.4) is 0 Å². The number of carboxylic acids is 1. The second kappa shape index (κ2) is 12.4. The van der Waals surface area contributed by atoms with Gasteiger partial charge in [0.25, 0.3) is 5.91 Å². The normalized spacial score (nSPS) is 14.1. The third-order valence-corrected chi connectivity index (χ3v) is 6.01. The van der Waals surface area contributed by atoms with Crippen molar-refractivity contribution in [2.75, 3.05) is 25.0 Å². The molecule has 1 aliphatic heterocycles. The highest BCUT2D eigenvalue weighted by atomic mass is 79.9. The Morgan fingerprint density at radius 3 is 2.38 bits per heavy atom. The van der Waals surface area contributed by atoms with Gasteiger partial charge in [-0.15, -0.1) is 0 Å². The summed E-state index contributed by atoms with van der Waals surface area (Å²) in [4.78, 5) is 40.6. The fraction of sp³-hybridized carbons (Fsp3) is 0.304. The highest BCUT2D eigenvalue weighted by molar-refractivity contribution is 9.11. The van der Waals surface area contributed by atoms with Crippen molar-refractivity contribution in [1.82, 2.24) is 16.0 Å². The lowest BCUT2D eigenvalue weighted by Gasteiger charge is -2.19. The van der Waals surface area contributed by atoms with Crippen LogP contribution in [0.5, 0.6) is 0 Å². The molecular weight excluding hydrogens is 627 g/mol. The highest BCUT2D eigenvalue weighted by Gasteiger charge is 2.32. The Bertz CT molecular complexity index is 1200. The molecule has 0 aliphatic carbocycles. The van der Waals surface area contributed by atoms with Crippen LogP contribution in [0, 0.1) is 0 Å². The molecule has 1 heterocycles. The summed E-state index contributed by atoms with van der Waals surface area (Å²) in [5, 5.41) is 19.7. The zero-order valence-corrected chi connectivity index (χ0v) is 22.3. The summed E-state index contributed by atoms with van der Waals surface area (Å²) in [6, 6.07) is 6.85. The van der Waals surface area contributed by atoms with E-state index in [0.29, 0.717) is 39.6 Å². The molecule has 1 atom stereocenters. The van der Waals surface area contributed by atoms with Crippen molar-refractivity contribution in [3.8, 4) is 0 Å². The van der Waals surface area contributed by atoms with Crippen LogP contribution >= 0.6 is 31.9 Å². The lowest BCUT2D eigenvalue weighted by Crippen LogP contribution is -2.39. The predicted octanol–water partition coefficient (Wildman–Crippen LogP) is 4.05. The molecule has 37 heavy (non-hydrogen) atoms. The summed E-state index contributed by atoms with van der Waals surface area (Å²) in [7, 11) is 0. The largest absolute Gasteiger partial charge is 0.481 e. The Kier molecular flexibility index (Phi) is 9.54. The Morgan fingerprint density at radius 1 is 1.08 bits per heavy atom. The fourth-order valence-electron chi connectivity index (χ4n) is 3.46. The fourth-order valence-corrected chi connectivity index (χ4v) is 4.79. The molecule has 2 amide bonds. The van der Waals surface area contributed by atoms with Crippen LogP contribution < -0.4 is 21.3 Å². The van der Waals surface area contributed by atoms with Crippen LogP contribution in [0.1, 0.15) is 40.4 Å². The maximum atomic E-state index is 13.4. The molecular formula is C23H22Br2F3N5O4. The van der Waals surface area contributed by atoms with Crippen LogP contribution in [0.25, 0.3) is 0 Å². The maximum Gasteiger partial charge on any atom is 0.416 e. The highest BCUT2D eigenvalue weighted by Crippen LogP contribution is 2.32. The monoisotopic (exact) mass is 647 g/mol. The number of hydrogen-bond acceptors (Lipinski definition) is 6. The van der Waals surface area contributed by atoms with Gasteiger partial charge >= 0.3 is 12.1 Å². The van der Waals surface area contributed by atoms with Gasteiger partial charge in [0, 0.05) is 33.3 Å². The van der Waals surface area contributed by atoms with Gasteiger partial charge in [0.15, 0.2) is 5.96 Å². The van der Waals surface area contributed by atoms with Crippen molar-refractivity contribution in [3.63, 3.8) is 0 Å². The lowest BCUT2D eigenvalue weighted by atomic mass is 10.0. The number of nitrogens with zero attached hydrogens (tertiary/aromatic N) is 1. The summed E-state index contributed by atoms with van der Waals surface area (Å²) < 4.78 is 41.6. The third kappa shape index (κ3) is 8.74. The molecule has 2 aromatic carbocycles. The van der Waals surface area contributed by atoms with Gasteiger partial charge in [-0.3, -0.25) is 19.4 Å². The van der Waals surface area contributed by atoms with Crippen LogP contribution in [0.4, 0.5) is 18.9 Å². The minimum absolute atomic E-state index is 0.000620. The van der Waals surface area contributed by atoms with Gasteiger partial charge in [0.05, 0.1) is 24.6 Å². The zero-order valence-electron chi connectivity index (χ0n) is 19.1. The number of aliphatic imine (C=N–C) groups is 1. The molecule has 0 radical (unpaired) electrons. The van der Waals surface area contributed by atoms with E-state index in [-0.39, 0.29) is 11.3 Å². The summed E-state index contributed by atoms with van der Waals surface area (Å²) in [5.74, 6) is -2.50. The van der Waals surface area contributed by atoms with Gasteiger partial charge in [0.1, 0.15) is 0 Å². The molecule has 0 aromatic heterocycles. The molecule has 2 aromatic rings. The standard InChI is InChI=1S/C23H22Br2F3N5O4/c24-15-5-12(6-16(25)9-15)18(10-20(35)36)33-19(34)11-31-21(37)13-4-14(23(26,27)28)8-17(7-13)32-22-29-2-1-3-30-22/h4-9,18H,1-3,10-11H2,(H,31,37)(H,33,34)(H,35,36)(H2,29,30,32). The summed E-state index contributed by atoms with van der Waals surface area (Å²) in [5.41, 5.74) is -0.875. The number of hydrogen-bond donors (Lipinski definition) is 5. The van der Waals surface area contributed by atoms with Crippen LogP contribution in [0.2, 0.25) is 0 Å². The van der Waals surface area contributed by atoms with E-state index in [4.69, 9.17) is 0 Å². The topological polar surface area (TPSA) is 132 Å². The second-order valence-corrected chi connectivity index (χ2v) is 9.87. The number of rotatable bonds is 8. The second-order valence-electron chi connectivity index (χ2n) is 8.04. The van der Waals surface area contributed by atoms with E-state index >= 15 is 0 Å². The van der Waals surface area contributed by atoms with E-state index in [9.17, 15) is 32.7 Å². The average Bonchev–Trinajstić information content (AvgIpc) is 2.81. The first-order chi connectivity index (χ1) is 17.4. The molecule has 1 aliphatic rings. The Balaban J connectivity index is 1.72. The van der Waals surface area contributed by atoms with Crippen molar-refractivity contribution < 1.29 is 32.7 Å². The molecule has 9 nitrogen and oxygen atoms in total. The average molecular weight is 649 g/mol. The number of carbonyl (C=O) groups is 3. The predicted molar refractivity (Wildman–Crippen MR) is 137 cm³/mol. The van der Waals surface area contributed by atoms with Crippen molar-refractivity contribution in [2.24, 2.45) is 4.99 Å². The Morgan fingerprint density at radius 2 is 1.78 bits per heavy atom. The molecule has 3 rings (SSSR count). The quantitative estimate of drug-likeness (QED) is 0.294. The lowest BCUT2D eigenvalue weighted by molar-refractivity contribution is -0.138. The number of nitrogens with one attached hydrogen (secondary N) is 4. The minimum atomic E-state index is -4.71. The third-order valence-electron chi connectivity index (χ3n) is 5.09. The molecule has 0 spiro atoms. The number of carbonyl (C=O) groups excluding carboxylic acids is 2. The minimum Gasteiger partial charge on any atom is -0.481 e. The smallest absolute Gasteiger partial charge is 0.416 e. The first-order valence-electron chi connectivity index (χ1n) is 10.9. The number of carboxylic acid groups (broad SMARTS) is 1. The number of benzene rings is 2. The van der Waals surface area contributed by atoms with Gasteiger partial charge < -0.3 is 26.4 Å². The van der Waals surface area contributed by atoms with Crippen molar-refractivity contribution >= 4 is 61.3 Å². The van der Waals surface area contributed by atoms with Crippen molar-refractivity contribution in [3.05, 3.63) is 62.0 Å². The number of amides is 2. The van der Waals surface area contributed by atoms with E-state index in [1.54, 1.807) is 18.2 Å². The number of anilines is 1. The Hall–Kier alpha value is -3.13. The van der Waals surface area contributed by atoms with E-state index in [2.05, 4.69) is 58.1 Å². The van der Waals surface area contributed by atoms with Crippen LogP contribution in [-0.2, 0) is 15.8 Å². The van der Waals surface area contributed by atoms with Gasteiger partial charge in [0.2, 0.25) is 5.91 Å². The van der Waals surface area contributed by atoms with Gasteiger partial charge in [-0.25, -0.2) is 0 Å². The van der Waals surface area contributed by atoms with E-state index in [1.165, 1.54) is 6.07 Å². The number of aliphatic carboxylic acids is 1. The first-order valence-corrected chi connectivity index (χ1v) is 12.5.